The molecule has 0 atom stereocenters. The standard InChI is InChI=1S/C22H27N3O5S/c1-14(2)11-12-30-17-8-6-5-7-16(17)21(27)23-22(31)25-24-20(26)15-9-10-18(28-3)19(13-15)29-4/h5-10,13-14H,11-12H2,1-4H3,(H,24,26)(H2,23,25,27,31). The number of para-hydroxylation sites is 1. The van der Waals surface area contributed by atoms with Crippen LogP contribution in [0.5, 0.6) is 17.2 Å². The summed E-state index contributed by atoms with van der Waals surface area (Å²) in [5.41, 5.74) is 5.62. The maximum absolute atomic E-state index is 12.6. The van der Waals surface area contributed by atoms with Crippen molar-refractivity contribution in [2.75, 3.05) is 20.8 Å². The van der Waals surface area contributed by atoms with E-state index in [9.17, 15) is 9.59 Å². The summed E-state index contributed by atoms with van der Waals surface area (Å²) >= 11 is 5.11. The van der Waals surface area contributed by atoms with Gasteiger partial charge in [0.2, 0.25) is 0 Å². The second-order valence-electron chi connectivity index (χ2n) is 6.96. The van der Waals surface area contributed by atoms with Crippen molar-refractivity contribution in [1.29, 1.82) is 0 Å². The van der Waals surface area contributed by atoms with E-state index in [0.717, 1.165) is 6.42 Å². The molecule has 0 heterocycles. The van der Waals surface area contributed by atoms with Gasteiger partial charge in [0.05, 0.1) is 26.4 Å². The molecule has 0 aliphatic carbocycles. The first-order chi connectivity index (χ1) is 14.8. The van der Waals surface area contributed by atoms with Crippen LogP contribution < -0.4 is 30.4 Å². The molecule has 9 heteroatoms. The number of carbonyl (C=O) groups excluding carboxylic acids is 2. The number of hydrogen-bond acceptors (Lipinski definition) is 6. The van der Waals surface area contributed by atoms with Crippen LogP contribution in [0.4, 0.5) is 0 Å². The Labute approximate surface area is 187 Å². The van der Waals surface area contributed by atoms with Crippen LogP contribution in [0.1, 0.15) is 41.0 Å². The van der Waals surface area contributed by atoms with Gasteiger partial charge in [0.1, 0.15) is 5.75 Å². The van der Waals surface area contributed by atoms with E-state index in [1.165, 1.54) is 20.3 Å². The number of ether oxygens (including phenoxy) is 3. The van der Waals surface area contributed by atoms with Crippen LogP contribution in [0.15, 0.2) is 42.5 Å². The highest BCUT2D eigenvalue weighted by atomic mass is 32.1. The van der Waals surface area contributed by atoms with Crippen molar-refractivity contribution in [1.82, 2.24) is 16.2 Å². The highest BCUT2D eigenvalue weighted by Crippen LogP contribution is 2.27. The van der Waals surface area contributed by atoms with Gasteiger partial charge in [-0.15, -0.1) is 0 Å². The van der Waals surface area contributed by atoms with Gasteiger partial charge in [-0.2, -0.15) is 0 Å². The van der Waals surface area contributed by atoms with Crippen molar-refractivity contribution >= 4 is 29.1 Å². The molecule has 2 rings (SSSR count). The Balaban J connectivity index is 1.93. The fraction of sp³-hybridized carbons (Fsp3) is 0.318. The van der Waals surface area contributed by atoms with E-state index >= 15 is 0 Å². The number of nitrogens with one attached hydrogen (secondary N) is 3. The highest BCUT2D eigenvalue weighted by molar-refractivity contribution is 7.80. The van der Waals surface area contributed by atoms with Gasteiger partial charge >= 0.3 is 0 Å². The molecule has 0 aliphatic heterocycles. The van der Waals surface area contributed by atoms with Gasteiger partial charge < -0.3 is 14.2 Å². The first kappa shape index (κ1) is 23.9. The van der Waals surface area contributed by atoms with Crippen molar-refractivity contribution in [3.8, 4) is 17.2 Å². The number of carbonyl (C=O) groups is 2. The van der Waals surface area contributed by atoms with Crippen LogP contribution in [0.2, 0.25) is 0 Å². The summed E-state index contributed by atoms with van der Waals surface area (Å²) in [6.07, 6.45) is 0.873. The monoisotopic (exact) mass is 445 g/mol. The summed E-state index contributed by atoms with van der Waals surface area (Å²) in [5, 5.41) is 2.47. The zero-order valence-corrected chi connectivity index (χ0v) is 18.8. The van der Waals surface area contributed by atoms with Crippen LogP contribution >= 0.6 is 12.2 Å². The van der Waals surface area contributed by atoms with Crippen LogP contribution in [-0.4, -0.2) is 37.8 Å². The summed E-state index contributed by atoms with van der Waals surface area (Å²) in [6, 6.07) is 11.6. The van der Waals surface area contributed by atoms with Gasteiger partial charge in [0.25, 0.3) is 11.8 Å². The number of thiocarbonyl (C=S) groups is 1. The molecule has 0 bridgehead atoms. The van der Waals surface area contributed by atoms with Gasteiger partial charge in [0.15, 0.2) is 16.6 Å². The molecule has 0 saturated heterocycles. The lowest BCUT2D eigenvalue weighted by molar-refractivity contribution is 0.0933. The predicted octanol–water partition coefficient (Wildman–Crippen LogP) is 3.08. The number of rotatable bonds is 8. The van der Waals surface area contributed by atoms with Gasteiger partial charge in [-0.25, -0.2) is 0 Å². The molecule has 2 aromatic rings. The zero-order chi connectivity index (χ0) is 22.8. The minimum Gasteiger partial charge on any atom is -0.493 e. The Bertz CT molecular complexity index is 933. The van der Waals surface area contributed by atoms with Gasteiger partial charge in [-0.3, -0.25) is 25.8 Å². The molecule has 0 aliphatic rings. The van der Waals surface area contributed by atoms with Gasteiger partial charge in [-0.1, -0.05) is 26.0 Å². The number of methoxy groups -OCH3 is 2. The van der Waals surface area contributed by atoms with E-state index in [4.69, 9.17) is 26.4 Å². The van der Waals surface area contributed by atoms with E-state index in [0.29, 0.717) is 40.9 Å². The van der Waals surface area contributed by atoms with E-state index in [-0.39, 0.29) is 5.11 Å². The lowest BCUT2D eigenvalue weighted by atomic mass is 10.1. The van der Waals surface area contributed by atoms with E-state index in [1.807, 2.05) is 0 Å². The second kappa shape index (κ2) is 11.8. The van der Waals surface area contributed by atoms with Gasteiger partial charge in [-0.05, 0) is 54.9 Å². The van der Waals surface area contributed by atoms with Crippen molar-refractivity contribution in [3.63, 3.8) is 0 Å². The SMILES string of the molecule is COc1ccc(C(=O)NNC(=S)NC(=O)c2ccccc2OCCC(C)C)cc1OC. The van der Waals surface area contributed by atoms with Crippen molar-refractivity contribution in [2.24, 2.45) is 5.92 Å². The van der Waals surface area contributed by atoms with Crippen molar-refractivity contribution in [2.45, 2.75) is 20.3 Å². The number of amides is 2. The zero-order valence-electron chi connectivity index (χ0n) is 18.0. The third-order valence-corrected chi connectivity index (χ3v) is 4.45. The van der Waals surface area contributed by atoms with Gasteiger partial charge in [0, 0.05) is 5.56 Å². The Hall–Kier alpha value is -3.33. The third-order valence-electron chi connectivity index (χ3n) is 4.25. The average molecular weight is 446 g/mol. The summed E-state index contributed by atoms with van der Waals surface area (Å²) in [6.45, 7) is 4.71. The molecule has 0 unspecified atom stereocenters. The molecule has 0 radical (unpaired) electrons. The number of hydrazine groups is 1. The minimum absolute atomic E-state index is 0.0594. The molecule has 2 amide bonds. The molecule has 8 nitrogen and oxygen atoms in total. The fourth-order valence-electron chi connectivity index (χ4n) is 2.55. The Morgan fingerprint density at radius 2 is 1.65 bits per heavy atom. The molecular weight excluding hydrogens is 418 g/mol. The first-order valence-corrected chi connectivity index (χ1v) is 10.1. The Kier molecular flexibility index (Phi) is 9.08. The Morgan fingerprint density at radius 3 is 2.32 bits per heavy atom. The lowest BCUT2D eigenvalue weighted by Crippen LogP contribution is -2.48. The minimum atomic E-state index is -0.463. The normalized spacial score (nSPS) is 10.2. The smallest absolute Gasteiger partial charge is 0.269 e. The summed E-state index contributed by atoms with van der Waals surface area (Å²) in [7, 11) is 2.99. The molecule has 0 aromatic heterocycles. The summed E-state index contributed by atoms with van der Waals surface area (Å²) in [5.74, 6) is 0.974. The Morgan fingerprint density at radius 1 is 0.935 bits per heavy atom. The quantitative estimate of drug-likeness (QED) is 0.424. The first-order valence-electron chi connectivity index (χ1n) is 9.71. The maximum atomic E-state index is 12.6. The molecule has 2 aromatic carbocycles. The molecule has 0 spiro atoms. The fourth-order valence-corrected chi connectivity index (χ4v) is 2.69. The summed E-state index contributed by atoms with van der Waals surface area (Å²) in [4.78, 5) is 24.9. The predicted molar refractivity (Wildman–Crippen MR) is 122 cm³/mol. The summed E-state index contributed by atoms with van der Waals surface area (Å²) < 4.78 is 16.1. The maximum Gasteiger partial charge on any atom is 0.269 e. The average Bonchev–Trinajstić information content (AvgIpc) is 2.76. The second-order valence-corrected chi connectivity index (χ2v) is 7.37. The molecule has 0 fully saturated rings. The van der Waals surface area contributed by atoms with Crippen LogP contribution in [0, 0.1) is 5.92 Å². The van der Waals surface area contributed by atoms with E-state index in [2.05, 4.69) is 30.0 Å². The van der Waals surface area contributed by atoms with Crippen LogP contribution in [-0.2, 0) is 0 Å². The molecule has 0 saturated carbocycles. The molecule has 31 heavy (non-hydrogen) atoms. The lowest BCUT2D eigenvalue weighted by Gasteiger charge is -2.14. The largest absolute Gasteiger partial charge is 0.493 e. The van der Waals surface area contributed by atoms with Crippen molar-refractivity contribution < 1.29 is 23.8 Å². The van der Waals surface area contributed by atoms with E-state index in [1.54, 1.807) is 36.4 Å². The van der Waals surface area contributed by atoms with Crippen LogP contribution in [0.25, 0.3) is 0 Å². The van der Waals surface area contributed by atoms with Crippen LogP contribution in [0.3, 0.4) is 0 Å². The topological polar surface area (TPSA) is 97.9 Å². The van der Waals surface area contributed by atoms with Crippen molar-refractivity contribution in [3.05, 3.63) is 53.6 Å². The third kappa shape index (κ3) is 7.14. The van der Waals surface area contributed by atoms with E-state index < -0.39 is 11.8 Å². The highest BCUT2D eigenvalue weighted by Gasteiger charge is 2.15. The molecule has 166 valence electrons. The molecule has 3 N–H and O–H groups in total. The number of hydrogen-bond donors (Lipinski definition) is 3. The number of benzene rings is 2. The molecular formula is C22H27N3O5S.